The molecular weight excluding hydrogens is 680 g/mol. The van der Waals surface area contributed by atoms with Crippen molar-refractivity contribution in [3.05, 3.63) is 75.3 Å². The van der Waals surface area contributed by atoms with Gasteiger partial charge in [0.1, 0.15) is 0 Å². The fraction of sp³-hybridized carbons (Fsp3) is 0.345. The Morgan fingerprint density at radius 1 is 0.976 bits per heavy atom. The molecule has 0 saturated carbocycles. The van der Waals surface area contributed by atoms with Crippen LogP contribution in [0.1, 0.15) is 44.9 Å². The van der Waals surface area contributed by atoms with Crippen molar-refractivity contribution in [1.82, 2.24) is 4.57 Å². The Bertz CT molecular complexity index is 1690. The molecule has 0 saturated heterocycles. The quantitative estimate of drug-likeness (QED) is 0.269. The molecule has 1 aliphatic rings. The number of carbonyl (C=O) groups is 1. The molecule has 0 unspecified atom stereocenters. The predicted octanol–water partition coefficient (Wildman–Crippen LogP) is 5.14. The summed E-state index contributed by atoms with van der Waals surface area (Å²) >= 11 is 8.42. The highest BCUT2D eigenvalue weighted by atomic mass is 79.9. The number of esters is 1. The molecule has 2 heterocycles. The Balaban J connectivity index is 1.98. The molecule has 0 amide bonds. The number of methoxy groups -OCH3 is 2. The Hall–Kier alpha value is -3.09. The van der Waals surface area contributed by atoms with Crippen LogP contribution in [0.5, 0.6) is 23.0 Å². The minimum absolute atomic E-state index is 0.176. The maximum atomic E-state index is 14.0. The van der Waals surface area contributed by atoms with Crippen LogP contribution < -0.4 is 33.8 Å². The lowest BCUT2D eigenvalue weighted by Crippen LogP contribution is -2.40. The summed E-state index contributed by atoms with van der Waals surface area (Å²) in [6, 6.07) is 6.37. The van der Waals surface area contributed by atoms with Crippen LogP contribution in [0.3, 0.4) is 0 Å². The summed E-state index contributed by atoms with van der Waals surface area (Å²) in [6.07, 6.45) is 1.76. The molecule has 41 heavy (non-hydrogen) atoms. The molecule has 0 radical (unpaired) electrons. The average Bonchev–Trinajstić information content (AvgIpc) is 3.23. The Morgan fingerprint density at radius 3 is 2.32 bits per heavy atom. The van der Waals surface area contributed by atoms with E-state index in [4.69, 9.17) is 23.7 Å². The third-order valence-electron chi connectivity index (χ3n) is 6.23. The highest BCUT2D eigenvalue weighted by molar-refractivity contribution is 9.10. The zero-order valence-electron chi connectivity index (χ0n) is 23.5. The van der Waals surface area contributed by atoms with Crippen LogP contribution in [0.4, 0.5) is 0 Å². The van der Waals surface area contributed by atoms with Crippen LogP contribution in [0.2, 0.25) is 0 Å². The van der Waals surface area contributed by atoms with Gasteiger partial charge in [-0.3, -0.25) is 9.36 Å². The van der Waals surface area contributed by atoms with Crippen molar-refractivity contribution >= 4 is 55.2 Å². The van der Waals surface area contributed by atoms with Crippen molar-refractivity contribution in [2.24, 2.45) is 4.99 Å². The number of halogens is 2. The van der Waals surface area contributed by atoms with E-state index in [0.717, 1.165) is 5.56 Å². The van der Waals surface area contributed by atoms with Crippen molar-refractivity contribution in [2.75, 3.05) is 34.0 Å². The van der Waals surface area contributed by atoms with Gasteiger partial charge in [0.15, 0.2) is 27.8 Å². The summed E-state index contributed by atoms with van der Waals surface area (Å²) in [4.78, 5) is 32.4. The summed E-state index contributed by atoms with van der Waals surface area (Å²) in [5.41, 5.74) is 1.77. The van der Waals surface area contributed by atoms with Crippen LogP contribution in [-0.4, -0.2) is 44.6 Å². The first kappa shape index (κ1) is 30.9. The summed E-state index contributed by atoms with van der Waals surface area (Å²) in [5, 5.41) is 0. The van der Waals surface area contributed by atoms with Crippen LogP contribution in [0.15, 0.2) is 54.3 Å². The van der Waals surface area contributed by atoms with Gasteiger partial charge in [-0.05, 0) is 85.1 Å². The first-order valence-corrected chi connectivity index (χ1v) is 15.3. The number of allylic oxidation sites excluding steroid dienone is 1. The molecule has 0 N–H and O–H groups in total. The zero-order chi connectivity index (χ0) is 29.8. The van der Waals surface area contributed by atoms with Crippen LogP contribution >= 0.6 is 43.2 Å². The molecule has 1 aromatic heterocycles. The molecule has 3 aromatic rings. The minimum Gasteiger partial charge on any atom is -0.493 e. The minimum atomic E-state index is -0.826. The number of fused-ring (bicyclic) bond motifs is 1. The lowest BCUT2D eigenvalue weighted by atomic mass is 9.95. The van der Waals surface area contributed by atoms with Crippen molar-refractivity contribution in [1.29, 1.82) is 0 Å². The zero-order valence-corrected chi connectivity index (χ0v) is 27.5. The monoisotopic (exact) mass is 708 g/mol. The fourth-order valence-corrected chi connectivity index (χ4v) is 6.69. The van der Waals surface area contributed by atoms with Crippen molar-refractivity contribution in [2.45, 2.75) is 33.7 Å². The van der Waals surface area contributed by atoms with E-state index in [0.29, 0.717) is 65.8 Å². The van der Waals surface area contributed by atoms with Crippen LogP contribution in [0.25, 0.3) is 6.08 Å². The van der Waals surface area contributed by atoms with E-state index < -0.39 is 12.0 Å². The molecule has 2 aromatic carbocycles. The lowest BCUT2D eigenvalue weighted by Gasteiger charge is -2.26. The van der Waals surface area contributed by atoms with E-state index in [1.807, 2.05) is 19.9 Å². The van der Waals surface area contributed by atoms with Crippen LogP contribution in [0, 0.1) is 0 Å². The number of ether oxygens (including phenoxy) is 5. The molecule has 12 heteroatoms. The Kier molecular flexibility index (Phi) is 9.98. The molecule has 1 atom stereocenters. The van der Waals surface area contributed by atoms with Gasteiger partial charge in [0, 0.05) is 4.47 Å². The highest BCUT2D eigenvalue weighted by Gasteiger charge is 2.35. The van der Waals surface area contributed by atoms with E-state index in [2.05, 4.69) is 36.9 Å². The van der Waals surface area contributed by atoms with E-state index in [1.165, 1.54) is 23.0 Å². The molecule has 0 bridgehead atoms. The molecule has 4 rings (SSSR count). The van der Waals surface area contributed by atoms with E-state index in [1.54, 1.807) is 45.2 Å². The maximum absolute atomic E-state index is 14.0. The highest BCUT2D eigenvalue weighted by Crippen LogP contribution is 2.41. The summed E-state index contributed by atoms with van der Waals surface area (Å²) in [6.45, 7) is 8.33. The van der Waals surface area contributed by atoms with Gasteiger partial charge in [0.25, 0.3) is 5.56 Å². The molecule has 1 aliphatic heterocycles. The second kappa shape index (κ2) is 13.3. The second-order valence-corrected chi connectivity index (χ2v) is 11.4. The van der Waals surface area contributed by atoms with E-state index >= 15 is 0 Å². The number of rotatable bonds is 10. The van der Waals surface area contributed by atoms with E-state index in [9.17, 15) is 9.59 Å². The van der Waals surface area contributed by atoms with Crippen molar-refractivity contribution in [3.63, 3.8) is 0 Å². The summed E-state index contributed by atoms with van der Waals surface area (Å²) < 4.78 is 31.2. The van der Waals surface area contributed by atoms with Gasteiger partial charge in [-0.15, -0.1) is 0 Å². The van der Waals surface area contributed by atoms with Gasteiger partial charge >= 0.3 is 5.97 Å². The standard InChI is InChI=1S/C29H30Br2N2O7S/c1-7-38-21-14-18(30)17(13-20(21)36-5)25-24(28(35)40-9-3)15(4)32-29-33(25)27(34)23(41-29)12-16-10-19(31)26(39-8-2)22(11-16)37-6/h10-14,25H,7-9H2,1-6H3/b23-12+/t25-/m1/s1. The SMILES string of the molecule is CCOC(=O)C1=C(C)N=c2s/c(=C/c3cc(Br)c(OCC)c(OC)c3)c(=O)n2[C@@H]1c1cc(OC)c(OCC)cc1Br. The number of nitrogens with zero attached hydrogens (tertiary/aromatic N) is 2. The molecule has 0 spiro atoms. The number of hydrogen-bond donors (Lipinski definition) is 0. The van der Waals surface area contributed by atoms with Gasteiger partial charge < -0.3 is 23.7 Å². The largest absolute Gasteiger partial charge is 0.493 e. The topological polar surface area (TPSA) is 97.6 Å². The van der Waals surface area contributed by atoms with Gasteiger partial charge in [-0.2, -0.15) is 0 Å². The number of aromatic nitrogens is 1. The number of hydrogen-bond acceptors (Lipinski definition) is 9. The molecule has 0 fully saturated rings. The molecular formula is C29H30Br2N2O7S. The Morgan fingerprint density at radius 2 is 1.68 bits per heavy atom. The fourth-order valence-electron chi connectivity index (χ4n) is 4.53. The summed E-state index contributed by atoms with van der Waals surface area (Å²) in [7, 11) is 3.10. The molecule has 218 valence electrons. The Labute approximate surface area is 258 Å². The molecule has 9 nitrogen and oxygen atoms in total. The van der Waals surface area contributed by atoms with Gasteiger partial charge in [-0.1, -0.05) is 27.3 Å². The molecule has 0 aliphatic carbocycles. The number of carbonyl (C=O) groups excluding carboxylic acids is 1. The summed E-state index contributed by atoms with van der Waals surface area (Å²) in [5.74, 6) is 1.57. The third-order valence-corrected chi connectivity index (χ3v) is 8.49. The number of benzene rings is 2. The van der Waals surface area contributed by atoms with Crippen LogP contribution in [-0.2, 0) is 9.53 Å². The van der Waals surface area contributed by atoms with Gasteiger partial charge in [-0.25, -0.2) is 9.79 Å². The van der Waals surface area contributed by atoms with Crippen molar-refractivity contribution in [3.8, 4) is 23.0 Å². The first-order valence-electron chi connectivity index (χ1n) is 12.9. The lowest BCUT2D eigenvalue weighted by molar-refractivity contribution is -0.139. The number of thiazole rings is 1. The smallest absolute Gasteiger partial charge is 0.338 e. The van der Waals surface area contributed by atoms with Gasteiger partial charge in [0.05, 0.1) is 60.4 Å². The van der Waals surface area contributed by atoms with Gasteiger partial charge in [0.2, 0.25) is 0 Å². The van der Waals surface area contributed by atoms with Crippen molar-refractivity contribution < 1.29 is 28.5 Å². The first-order chi connectivity index (χ1) is 19.7. The maximum Gasteiger partial charge on any atom is 0.338 e. The normalized spacial score (nSPS) is 14.8. The third kappa shape index (κ3) is 6.09. The average molecular weight is 710 g/mol. The van der Waals surface area contributed by atoms with E-state index in [-0.39, 0.29) is 17.7 Å². The predicted molar refractivity (Wildman–Crippen MR) is 164 cm³/mol. The second-order valence-electron chi connectivity index (χ2n) is 8.73.